The van der Waals surface area contributed by atoms with Crippen molar-refractivity contribution in [3.05, 3.63) is 106 Å². The van der Waals surface area contributed by atoms with Crippen LogP contribution in [0.3, 0.4) is 0 Å². The molecular weight excluding hydrogens is 472 g/mol. The fourth-order valence-corrected chi connectivity index (χ4v) is 5.86. The molecule has 0 bridgehead atoms. The number of hydrogen-bond donors (Lipinski definition) is 0. The summed E-state index contributed by atoms with van der Waals surface area (Å²) in [6.45, 7) is 2.19. The minimum absolute atomic E-state index is 0.0524. The number of benzene rings is 3. The molecule has 0 amide bonds. The van der Waals surface area contributed by atoms with Crippen molar-refractivity contribution in [3.63, 3.8) is 0 Å². The van der Waals surface area contributed by atoms with Crippen molar-refractivity contribution >= 4 is 45.2 Å². The lowest BCUT2D eigenvalue weighted by Gasteiger charge is -2.03. The molecule has 0 saturated carbocycles. The van der Waals surface area contributed by atoms with Crippen LogP contribution in [0.25, 0.3) is 39.0 Å². The standard InChI is InChI=1S/C28H22N4OS2/c1-2-16-34-22-14-12-19(13-15-22)26-20(18-31(30-26)21-8-4-3-5-9-21)17-25-27(33)32-24-11-7-6-10-23(24)29-28(32)35-25/h3-15,17-18H,2,16H2,1H3/b25-17-. The summed E-state index contributed by atoms with van der Waals surface area (Å²) in [5.41, 5.74) is 5.35. The van der Waals surface area contributed by atoms with Crippen LogP contribution in [0.15, 0.2) is 94.7 Å². The molecule has 5 nitrogen and oxygen atoms in total. The van der Waals surface area contributed by atoms with Gasteiger partial charge in [0.2, 0.25) is 0 Å². The van der Waals surface area contributed by atoms with Crippen LogP contribution in [-0.2, 0) is 0 Å². The van der Waals surface area contributed by atoms with Crippen LogP contribution in [0.1, 0.15) is 18.9 Å². The van der Waals surface area contributed by atoms with Gasteiger partial charge in [-0.05, 0) is 54.6 Å². The molecule has 0 fully saturated rings. The van der Waals surface area contributed by atoms with E-state index in [1.54, 1.807) is 4.40 Å². The molecule has 7 heteroatoms. The monoisotopic (exact) mass is 494 g/mol. The second-order valence-corrected chi connectivity index (χ2v) is 10.4. The third kappa shape index (κ3) is 4.07. The first-order chi connectivity index (χ1) is 17.2. The van der Waals surface area contributed by atoms with Crippen LogP contribution in [-0.4, -0.2) is 24.9 Å². The van der Waals surface area contributed by atoms with E-state index in [2.05, 4.69) is 36.2 Å². The minimum atomic E-state index is -0.0524. The van der Waals surface area contributed by atoms with Crippen molar-refractivity contribution in [2.45, 2.75) is 18.2 Å². The predicted octanol–water partition coefficient (Wildman–Crippen LogP) is 5.81. The van der Waals surface area contributed by atoms with Crippen molar-refractivity contribution in [1.82, 2.24) is 19.2 Å². The molecule has 3 aromatic carbocycles. The zero-order valence-corrected chi connectivity index (χ0v) is 20.7. The van der Waals surface area contributed by atoms with E-state index in [1.165, 1.54) is 16.2 Å². The number of imidazole rings is 1. The van der Waals surface area contributed by atoms with Gasteiger partial charge in [-0.15, -0.1) is 11.8 Å². The molecule has 3 aromatic heterocycles. The molecule has 0 atom stereocenters. The van der Waals surface area contributed by atoms with E-state index in [9.17, 15) is 4.79 Å². The first-order valence-electron chi connectivity index (χ1n) is 11.5. The van der Waals surface area contributed by atoms with Gasteiger partial charge in [0.1, 0.15) is 0 Å². The molecule has 0 aliphatic heterocycles. The Balaban J connectivity index is 1.50. The number of thiazole rings is 1. The highest BCUT2D eigenvalue weighted by Crippen LogP contribution is 2.28. The van der Waals surface area contributed by atoms with Gasteiger partial charge in [-0.3, -0.25) is 4.79 Å². The summed E-state index contributed by atoms with van der Waals surface area (Å²) in [4.78, 5) is 19.9. The zero-order chi connectivity index (χ0) is 23.8. The first kappa shape index (κ1) is 21.8. The Morgan fingerprint density at radius 3 is 2.54 bits per heavy atom. The summed E-state index contributed by atoms with van der Waals surface area (Å²) < 4.78 is 4.22. The van der Waals surface area contributed by atoms with Gasteiger partial charge in [-0.1, -0.05) is 60.7 Å². The molecule has 172 valence electrons. The lowest BCUT2D eigenvalue weighted by Crippen LogP contribution is -2.22. The molecule has 0 spiro atoms. The second kappa shape index (κ2) is 9.17. The van der Waals surface area contributed by atoms with E-state index in [0.717, 1.165) is 45.7 Å². The van der Waals surface area contributed by atoms with Crippen LogP contribution < -0.4 is 10.1 Å². The Hall–Kier alpha value is -3.68. The third-order valence-corrected chi connectivity index (χ3v) is 7.98. The van der Waals surface area contributed by atoms with Gasteiger partial charge in [0.25, 0.3) is 5.56 Å². The molecule has 0 saturated heterocycles. The van der Waals surface area contributed by atoms with Gasteiger partial charge in [0.05, 0.1) is 26.9 Å². The third-order valence-electron chi connectivity index (χ3n) is 5.80. The molecule has 0 N–H and O–H groups in total. The Morgan fingerprint density at radius 1 is 0.971 bits per heavy atom. The van der Waals surface area contributed by atoms with Gasteiger partial charge >= 0.3 is 0 Å². The number of hydrogen-bond acceptors (Lipinski definition) is 5. The van der Waals surface area contributed by atoms with Crippen molar-refractivity contribution in [1.29, 1.82) is 0 Å². The average molecular weight is 495 g/mol. The molecule has 3 heterocycles. The van der Waals surface area contributed by atoms with E-state index >= 15 is 0 Å². The normalized spacial score (nSPS) is 12.2. The van der Waals surface area contributed by atoms with Crippen molar-refractivity contribution in [2.75, 3.05) is 5.75 Å². The fourth-order valence-electron chi connectivity index (χ4n) is 4.11. The average Bonchev–Trinajstić information content (AvgIpc) is 3.57. The van der Waals surface area contributed by atoms with E-state index in [-0.39, 0.29) is 5.56 Å². The van der Waals surface area contributed by atoms with Crippen LogP contribution in [0.5, 0.6) is 0 Å². The highest BCUT2D eigenvalue weighted by molar-refractivity contribution is 7.99. The van der Waals surface area contributed by atoms with Crippen LogP contribution in [0, 0.1) is 0 Å². The van der Waals surface area contributed by atoms with Crippen molar-refractivity contribution in [2.24, 2.45) is 0 Å². The van der Waals surface area contributed by atoms with Gasteiger partial charge in [-0.2, -0.15) is 5.10 Å². The minimum Gasteiger partial charge on any atom is -0.267 e. The van der Waals surface area contributed by atoms with Crippen molar-refractivity contribution < 1.29 is 0 Å². The summed E-state index contributed by atoms with van der Waals surface area (Å²) in [6.07, 6.45) is 5.08. The Labute approximate surface area is 210 Å². The van der Waals surface area contributed by atoms with Gasteiger partial charge < -0.3 is 0 Å². The largest absolute Gasteiger partial charge is 0.274 e. The maximum atomic E-state index is 13.3. The summed E-state index contributed by atoms with van der Waals surface area (Å²) in [6, 6.07) is 26.3. The van der Waals surface area contributed by atoms with E-state index in [1.807, 2.05) is 83.3 Å². The van der Waals surface area contributed by atoms with Crippen molar-refractivity contribution in [3.8, 4) is 16.9 Å². The number of thioether (sulfide) groups is 1. The quantitative estimate of drug-likeness (QED) is 0.274. The summed E-state index contributed by atoms with van der Waals surface area (Å²) >= 11 is 3.27. The highest BCUT2D eigenvalue weighted by atomic mass is 32.2. The summed E-state index contributed by atoms with van der Waals surface area (Å²) in [5.74, 6) is 1.10. The fraction of sp³-hybridized carbons (Fsp3) is 0.107. The highest BCUT2D eigenvalue weighted by Gasteiger charge is 2.14. The summed E-state index contributed by atoms with van der Waals surface area (Å²) in [5, 5.41) is 4.92. The maximum absolute atomic E-state index is 13.3. The number of para-hydroxylation sites is 3. The Kier molecular flexibility index (Phi) is 5.72. The molecule has 0 aliphatic carbocycles. The van der Waals surface area contributed by atoms with Crippen LogP contribution in [0.2, 0.25) is 0 Å². The SMILES string of the molecule is CCCSc1ccc(-c2nn(-c3ccccc3)cc2/C=c2\sc3nc4ccccc4n3c2=O)cc1. The van der Waals surface area contributed by atoms with E-state index < -0.39 is 0 Å². The lowest BCUT2D eigenvalue weighted by atomic mass is 10.1. The number of nitrogens with zero attached hydrogens (tertiary/aromatic N) is 4. The summed E-state index contributed by atoms with van der Waals surface area (Å²) in [7, 11) is 0. The van der Waals surface area contributed by atoms with Gasteiger partial charge in [0, 0.05) is 22.2 Å². The van der Waals surface area contributed by atoms with Gasteiger partial charge in [0.15, 0.2) is 4.96 Å². The predicted molar refractivity (Wildman–Crippen MR) is 146 cm³/mol. The zero-order valence-electron chi connectivity index (χ0n) is 19.1. The smallest absolute Gasteiger partial charge is 0.267 e. The molecule has 35 heavy (non-hydrogen) atoms. The molecule has 6 aromatic rings. The number of rotatable bonds is 6. The molecule has 0 aliphatic rings. The topological polar surface area (TPSA) is 52.2 Å². The molecule has 0 radical (unpaired) electrons. The molecule has 6 rings (SSSR count). The van der Waals surface area contributed by atoms with E-state index in [4.69, 9.17) is 5.10 Å². The molecule has 0 unspecified atom stereocenters. The lowest BCUT2D eigenvalue weighted by molar-refractivity contribution is 0.884. The molecular formula is C28H22N4OS2. The van der Waals surface area contributed by atoms with E-state index in [0.29, 0.717) is 9.49 Å². The number of aromatic nitrogens is 4. The van der Waals surface area contributed by atoms with Crippen LogP contribution >= 0.6 is 23.1 Å². The first-order valence-corrected chi connectivity index (χ1v) is 13.3. The van der Waals surface area contributed by atoms with Gasteiger partial charge in [-0.25, -0.2) is 14.1 Å². The Bertz CT molecular complexity index is 1750. The second-order valence-electron chi connectivity index (χ2n) is 8.22. The number of fused-ring (bicyclic) bond motifs is 3. The van der Waals surface area contributed by atoms with Crippen LogP contribution in [0.4, 0.5) is 0 Å². The maximum Gasteiger partial charge on any atom is 0.274 e. The Morgan fingerprint density at radius 2 is 1.74 bits per heavy atom.